The Morgan fingerprint density at radius 3 is 2.43 bits per heavy atom. The number of nitrogens with zero attached hydrogens (tertiary/aromatic N) is 3. The second-order valence-corrected chi connectivity index (χ2v) is 6.11. The Hall–Kier alpha value is -1.55. The third-order valence-electron chi connectivity index (χ3n) is 3.58. The van der Waals surface area contributed by atoms with Crippen molar-refractivity contribution >= 4 is 11.5 Å². The van der Waals surface area contributed by atoms with Crippen LogP contribution in [-0.2, 0) is 6.54 Å². The van der Waals surface area contributed by atoms with Gasteiger partial charge in [-0.3, -0.25) is 4.99 Å². The molecule has 2 rings (SSSR count). The Bertz CT molecular complexity index is 538. The highest BCUT2D eigenvalue weighted by atomic mass is 19.1. The fraction of sp³-hybridized carbons (Fsp3) is 0.529. The topological polar surface area (TPSA) is 28.0 Å². The number of halogens is 1. The van der Waals surface area contributed by atoms with E-state index >= 15 is 0 Å². The molecule has 1 aliphatic rings. The molecule has 0 unspecified atom stereocenters. The fourth-order valence-electron chi connectivity index (χ4n) is 2.36. The van der Waals surface area contributed by atoms with Gasteiger partial charge in [0.05, 0.1) is 12.3 Å². The molecule has 0 fully saturated rings. The van der Waals surface area contributed by atoms with Gasteiger partial charge in [0.15, 0.2) is 5.84 Å². The lowest BCUT2D eigenvalue weighted by molar-refractivity contribution is 0.312. The van der Waals surface area contributed by atoms with E-state index in [1.54, 1.807) is 0 Å². The first kappa shape index (κ1) is 15.8. The predicted octanol–water partition coefficient (Wildman–Crippen LogP) is 3.48. The summed E-state index contributed by atoms with van der Waals surface area (Å²) in [7, 11) is 2.12. The van der Waals surface area contributed by atoms with Gasteiger partial charge in [-0.1, -0.05) is 31.2 Å². The van der Waals surface area contributed by atoms with Crippen LogP contribution in [0.5, 0.6) is 0 Å². The summed E-state index contributed by atoms with van der Waals surface area (Å²) >= 11 is 0. The molecule has 1 aliphatic heterocycles. The standard InChI is InChI=1S/C17H24FN3/c1-5-10-21(4)12-13-6-8-14(9-7-13)16-19-11-15(20-16)17(2,3)18/h6-9H,5,10-12H2,1-4H3. The van der Waals surface area contributed by atoms with Crippen LogP contribution in [0.15, 0.2) is 34.3 Å². The molecule has 114 valence electrons. The van der Waals surface area contributed by atoms with Gasteiger partial charge in [-0.05, 0) is 39.4 Å². The maximum absolute atomic E-state index is 13.9. The molecular weight excluding hydrogens is 265 g/mol. The molecule has 21 heavy (non-hydrogen) atoms. The SMILES string of the molecule is CCCN(C)Cc1ccc(C2=NCC(C(C)(C)F)=N2)cc1. The van der Waals surface area contributed by atoms with Crippen molar-refractivity contribution in [1.29, 1.82) is 0 Å². The van der Waals surface area contributed by atoms with Gasteiger partial charge in [-0.15, -0.1) is 0 Å². The second-order valence-electron chi connectivity index (χ2n) is 6.11. The summed E-state index contributed by atoms with van der Waals surface area (Å²) in [5.41, 5.74) is 1.33. The van der Waals surface area contributed by atoms with Crippen molar-refractivity contribution in [3.05, 3.63) is 35.4 Å². The van der Waals surface area contributed by atoms with Gasteiger partial charge in [-0.2, -0.15) is 0 Å². The van der Waals surface area contributed by atoms with Crippen molar-refractivity contribution in [2.24, 2.45) is 9.98 Å². The normalized spacial score (nSPS) is 15.3. The summed E-state index contributed by atoms with van der Waals surface area (Å²) in [6.45, 7) is 7.62. The largest absolute Gasteiger partial charge is 0.302 e. The lowest BCUT2D eigenvalue weighted by atomic mass is 10.1. The van der Waals surface area contributed by atoms with Crippen molar-refractivity contribution in [3.8, 4) is 0 Å². The number of amidine groups is 1. The highest BCUT2D eigenvalue weighted by molar-refractivity contribution is 6.13. The summed E-state index contributed by atoms with van der Waals surface area (Å²) in [6.07, 6.45) is 1.15. The summed E-state index contributed by atoms with van der Waals surface area (Å²) in [5.74, 6) is 0.643. The monoisotopic (exact) mass is 289 g/mol. The minimum Gasteiger partial charge on any atom is -0.302 e. The zero-order valence-corrected chi connectivity index (χ0v) is 13.4. The van der Waals surface area contributed by atoms with Crippen LogP contribution in [0.4, 0.5) is 4.39 Å². The maximum atomic E-state index is 13.9. The number of benzene rings is 1. The summed E-state index contributed by atoms with van der Waals surface area (Å²) in [5, 5.41) is 0. The molecule has 0 atom stereocenters. The Labute approximate surface area is 126 Å². The lowest BCUT2D eigenvalue weighted by Gasteiger charge is -2.15. The molecule has 0 saturated carbocycles. The zero-order chi connectivity index (χ0) is 15.5. The van der Waals surface area contributed by atoms with E-state index in [4.69, 9.17) is 0 Å². The molecule has 3 nitrogen and oxygen atoms in total. The van der Waals surface area contributed by atoms with Gasteiger partial charge in [-0.25, -0.2) is 9.38 Å². The average molecular weight is 289 g/mol. The van der Waals surface area contributed by atoms with E-state index in [1.165, 1.54) is 19.4 Å². The molecule has 0 aliphatic carbocycles. The highest BCUT2D eigenvalue weighted by Crippen LogP contribution is 2.18. The molecule has 1 aromatic rings. The number of hydrogen-bond acceptors (Lipinski definition) is 3. The minimum atomic E-state index is -1.39. The van der Waals surface area contributed by atoms with Crippen LogP contribution in [0.1, 0.15) is 38.3 Å². The van der Waals surface area contributed by atoms with Crippen molar-refractivity contribution in [2.45, 2.75) is 39.4 Å². The van der Waals surface area contributed by atoms with Crippen molar-refractivity contribution in [1.82, 2.24) is 4.90 Å². The van der Waals surface area contributed by atoms with E-state index in [-0.39, 0.29) is 0 Å². The zero-order valence-electron chi connectivity index (χ0n) is 13.4. The third-order valence-corrected chi connectivity index (χ3v) is 3.58. The maximum Gasteiger partial charge on any atom is 0.155 e. The molecule has 0 amide bonds. The van der Waals surface area contributed by atoms with Gasteiger partial charge in [0.25, 0.3) is 0 Å². The average Bonchev–Trinajstić information content (AvgIpc) is 2.89. The predicted molar refractivity (Wildman–Crippen MR) is 87.1 cm³/mol. The number of alkyl halides is 1. The quantitative estimate of drug-likeness (QED) is 0.788. The molecule has 0 spiro atoms. The van der Waals surface area contributed by atoms with E-state index in [0.717, 1.165) is 25.1 Å². The van der Waals surface area contributed by atoms with Crippen molar-refractivity contribution in [3.63, 3.8) is 0 Å². The third kappa shape index (κ3) is 4.21. The van der Waals surface area contributed by atoms with Crippen molar-refractivity contribution in [2.75, 3.05) is 20.1 Å². The van der Waals surface area contributed by atoms with Crippen molar-refractivity contribution < 1.29 is 4.39 Å². The van der Waals surface area contributed by atoms with E-state index in [1.807, 2.05) is 12.1 Å². The summed E-state index contributed by atoms with van der Waals surface area (Å²) in [4.78, 5) is 11.0. The van der Waals surface area contributed by atoms with Gasteiger partial charge in [0.2, 0.25) is 0 Å². The van der Waals surface area contributed by atoms with Gasteiger partial charge in [0.1, 0.15) is 5.67 Å². The van der Waals surface area contributed by atoms with E-state index in [9.17, 15) is 4.39 Å². The molecular formula is C17H24FN3. The molecule has 4 heteroatoms. The van der Waals surface area contributed by atoms with Crippen LogP contribution >= 0.6 is 0 Å². The van der Waals surface area contributed by atoms with Gasteiger partial charge in [0, 0.05) is 12.1 Å². The first-order chi connectivity index (χ1) is 9.90. The van der Waals surface area contributed by atoms with Crippen LogP contribution in [0.25, 0.3) is 0 Å². The summed E-state index contributed by atoms with van der Waals surface area (Å²) in [6, 6.07) is 8.23. The molecule has 0 radical (unpaired) electrons. The molecule has 0 saturated heterocycles. The molecule has 0 bridgehead atoms. The first-order valence-electron chi connectivity index (χ1n) is 7.49. The summed E-state index contributed by atoms with van der Waals surface area (Å²) < 4.78 is 13.9. The molecule has 1 heterocycles. The molecule has 0 aromatic heterocycles. The van der Waals surface area contributed by atoms with Crippen LogP contribution in [0, 0.1) is 0 Å². The van der Waals surface area contributed by atoms with Crippen LogP contribution in [0.2, 0.25) is 0 Å². The first-order valence-corrected chi connectivity index (χ1v) is 7.49. The Morgan fingerprint density at radius 1 is 1.24 bits per heavy atom. The van der Waals surface area contributed by atoms with Crippen LogP contribution in [0.3, 0.4) is 0 Å². The van der Waals surface area contributed by atoms with E-state index in [2.05, 4.69) is 41.0 Å². The van der Waals surface area contributed by atoms with E-state index < -0.39 is 5.67 Å². The Balaban J connectivity index is 2.05. The highest BCUT2D eigenvalue weighted by Gasteiger charge is 2.27. The Morgan fingerprint density at radius 2 is 1.90 bits per heavy atom. The van der Waals surface area contributed by atoms with Crippen LogP contribution < -0.4 is 0 Å². The van der Waals surface area contributed by atoms with Crippen LogP contribution in [-0.4, -0.2) is 42.3 Å². The number of rotatable bonds is 6. The van der Waals surface area contributed by atoms with Gasteiger partial charge < -0.3 is 4.90 Å². The van der Waals surface area contributed by atoms with Gasteiger partial charge >= 0.3 is 0 Å². The smallest absolute Gasteiger partial charge is 0.155 e. The Kier molecular flexibility index (Phi) is 4.88. The minimum absolute atomic E-state index is 0.361. The van der Waals surface area contributed by atoms with E-state index in [0.29, 0.717) is 18.1 Å². The molecule has 0 N–H and O–H groups in total. The fourth-order valence-corrected chi connectivity index (χ4v) is 2.36. The lowest BCUT2D eigenvalue weighted by Crippen LogP contribution is -2.27. The molecule has 1 aromatic carbocycles. The second kappa shape index (κ2) is 6.48. The number of hydrogen-bond donors (Lipinski definition) is 0. The number of aliphatic imine (C=N–C) groups is 2.